The van der Waals surface area contributed by atoms with Gasteiger partial charge in [0.05, 0.1) is 5.69 Å². The first-order chi connectivity index (χ1) is 11.5. The monoisotopic (exact) mass is 331 g/mol. The Morgan fingerprint density at radius 1 is 1.21 bits per heavy atom. The minimum absolute atomic E-state index is 0.217. The van der Waals surface area contributed by atoms with E-state index < -0.39 is 0 Å². The van der Waals surface area contributed by atoms with E-state index in [9.17, 15) is 4.39 Å². The fourth-order valence-corrected chi connectivity index (χ4v) is 2.70. The van der Waals surface area contributed by atoms with Gasteiger partial charge in [0.2, 0.25) is 5.89 Å². The Morgan fingerprint density at radius 2 is 1.88 bits per heavy atom. The van der Waals surface area contributed by atoms with Crippen molar-refractivity contribution >= 4 is 11.6 Å². The summed E-state index contributed by atoms with van der Waals surface area (Å²) in [6.07, 6.45) is 0. The molecule has 128 valence electrons. The van der Waals surface area contributed by atoms with Crippen molar-refractivity contribution in [3.63, 3.8) is 0 Å². The van der Waals surface area contributed by atoms with Crippen LogP contribution in [-0.2, 0) is 6.54 Å². The van der Waals surface area contributed by atoms with Gasteiger partial charge in [-0.2, -0.15) is 0 Å². The van der Waals surface area contributed by atoms with Crippen LogP contribution in [0.15, 0.2) is 33.7 Å². The molecule has 0 spiro atoms. The highest BCUT2D eigenvalue weighted by atomic mass is 19.1. The number of halogens is 1. The van der Waals surface area contributed by atoms with Crippen molar-refractivity contribution in [2.75, 3.05) is 31.1 Å². The number of hydrogen-bond donors (Lipinski definition) is 1. The summed E-state index contributed by atoms with van der Waals surface area (Å²) in [6.45, 7) is 7.32. The van der Waals surface area contributed by atoms with Crippen LogP contribution >= 0.6 is 0 Å². The second-order valence-corrected chi connectivity index (χ2v) is 5.87. The summed E-state index contributed by atoms with van der Waals surface area (Å²) >= 11 is 0. The molecule has 0 saturated carbocycles. The Bertz CT molecular complexity index is 698. The highest BCUT2D eigenvalue weighted by Crippen LogP contribution is 2.17. The molecule has 1 saturated heterocycles. The van der Waals surface area contributed by atoms with Crippen LogP contribution < -0.4 is 10.6 Å². The van der Waals surface area contributed by atoms with Crippen LogP contribution in [0.25, 0.3) is 0 Å². The third kappa shape index (κ3) is 3.67. The zero-order chi connectivity index (χ0) is 17.1. The zero-order valence-electron chi connectivity index (χ0n) is 14.0. The number of aliphatic imine (C=N–C) groups is 1. The van der Waals surface area contributed by atoms with Gasteiger partial charge in [0.1, 0.15) is 18.1 Å². The van der Waals surface area contributed by atoms with Crippen LogP contribution in [0, 0.1) is 19.7 Å². The van der Waals surface area contributed by atoms with E-state index in [2.05, 4.69) is 14.9 Å². The number of anilines is 1. The molecule has 1 aromatic heterocycles. The molecule has 1 fully saturated rings. The largest absolute Gasteiger partial charge is 0.444 e. The number of oxazole rings is 1. The molecule has 2 heterocycles. The van der Waals surface area contributed by atoms with E-state index in [1.54, 1.807) is 12.1 Å². The first kappa shape index (κ1) is 16.3. The minimum atomic E-state index is -0.217. The van der Waals surface area contributed by atoms with Crippen molar-refractivity contribution in [3.8, 4) is 0 Å². The third-order valence-electron chi connectivity index (χ3n) is 4.24. The molecule has 0 bridgehead atoms. The van der Waals surface area contributed by atoms with Crippen molar-refractivity contribution in [1.29, 1.82) is 0 Å². The van der Waals surface area contributed by atoms with Crippen LogP contribution in [0.3, 0.4) is 0 Å². The molecule has 0 amide bonds. The van der Waals surface area contributed by atoms with Crippen molar-refractivity contribution in [3.05, 3.63) is 47.4 Å². The molecule has 1 aromatic carbocycles. The Morgan fingerprint density at radius 3 is 2.46 bits per heavy atom. The number of benzene rings is 1. The fraction of sp³-hybridized carbons (Fsp3) is 0.412. The molecule has 0 radical (unpaired) electrons. The summed E-state index contributed by atoms with van der Waals surface area (Å²) in [5.41, 5.74) is 7.99. The lowest BCUT2D eigenvalue weighted by molar-refractivity contribution is 0.379. The van der Waals surface area contributed by atoms with Gasteiger partial charge in [0.15, 0.2) is 5.96 Å². The number of piperazine rings is 1. The van der Waals surface area contributed by atoms with E-state index in [1.807, 2.05) is 18.7 Å². The number of hydrogen-bond acceptors (Lipinski definition) is 4. The summed E-state index contributed by atoms with van der Waals surface area (Å²) < 4.78 is 18.5. The SMILES string of the molecule is Cc1nc(CN=C(N)N2CCN(c3ccc(F)cc3)CC2)oc1C. The summed E-state index contributed by atoms with van der Waals surface area (Å²) in [4.78, 5) is 12.9. The highest BCUT2D eigenvalue weighted by molar-refractivity contribution is 5.78. The zero-order valence-corrected chi connectivity index (χ0v) is 14.0. The van der Waals surface area contributed by atoms with Crippen molar-refractivity contribution in [2.45, 2.75) is 20.4 Å². The molecule has 0 unspecified atom stereocenters. The number of rotatable bonds is 3. The third-order valence-corrected chi connectivity index (χ3v) is 4.24. The maximum absolute atomic E-state index is 13.0. The van der Waals surface area contributed by atoms with Crippen molar-refractivity contribution in [2.24, 2.45) is 10.7 Å². The summed E-state index contributed by atoms with van der Waals surface area (Å²) in [5.74, 6) is 1.68. The highest BCUT2D eigenvalue weighted by Gasteiger charge is 2.18. The van der Waals surface area contributed by atoms with E-state index in [0.29, 0.717) is 18.4 Å². The Hall–Kier alpha value is -2.57. The van der Waals surface area contributed by atoms with E-state index in [1.165, 1.54) is 12.1 Å². The van der Waals surface area contributed by atoms with Crippen LogP contribution in [0.1, 0.15) is 17.3 Å². The van der Waals surface area contributed by atoms with Gasteiger partial charge in [-0.1, -0.05) is 0 Å². The van der Waals surface area contributed by atoms with Crippen LogP contribution in [-0.4, -0.2) is 42.0 Å². The van der Waals surface area contributed by atoms with Gasteiger partial charge in [-0.05, 0) is 38.1 Å². The van der Waals surface area contributed by atoms with Crippen molar-refractivity contribution < 1.29 is 8.81 Å². The molecule has 2 aromatic rings. The van der Waals surface area contributed by atoms with Gasteiger partial charge in [-0.25, -0.2) is 14.4 Å². The minimum Gasteiger partial charge on any atom is -0.444 e. The van der Waals surface area contributed by atoms with Gasteiger partial charge < -0.3 is 20.0 Å². The number of nitrogens with two attached hydrogens (primary N) is 1. The maximum atomic E-state index is 13.0. The number of aryl methyl sites for hydroxylation is 2. The molecule has 2 N–H and O–H groups in total. The average molecular weight is 331 g/mol. The number of guanidine groups is 1. The van der Waals surface area contributed by atoms with E-state index >= 15 is 0 Å². The van der Waals surface area contributed by atoms with Gasteiger partial charge in [-0.3, -0.25) is 0 Å². The molecule has 1 aliphatic rings. The molecule has 0 atom stereocenters. The Balaban J connectivity index is 1.55. The van der Waals surface area contributed by atoms with Gasteiger partial charge in [0.25, 0.3) is 0 Å². The van der Waals surface area contributed by atoms with Crippen molar-refractivity contribution in [1.82, 2.24) is 9.88 Å². The first-order valence-electron chi connectivity index (χ1n) is 8.01. The molecule has 3 rings (SSSR count). The fourth-order valence-electron chi connectivity index (χ4n) is 2.70. The molecule has 0 aliphatic carbocycles. The average Bonchev–Trinajstić information content (AvgIpc) is 2.92. The molecule has 24 heavy (non-hydrogen) atoms. The van der Waals surface area contributed by atoms with Gasteiger partial charge in [-0.15, -0.1) is 0 Å². The molecule has 7 heteroatoms. The second-order valence-electron chi connectivity index (χ2n) is 5.87. The lowest BCUT2D eigenvalue weighted by Gasteiger charge is -2.36. The van der Waals surface area contributed by atoms with Crippen LogP contribution in [0.4, 0.5) is 10.1 Å². The maximum Gasteiger partial charge on any atom is 0.216 e. The lowest BCUT2D eigenvalue weighted by Crippen LogP contribution is -2.51. The predicted octanol–water partition coefficient (Wildman–Crippen LogP) is 2.07. The first-order valence-corrected chi connectivity index (χ1v) is 8.01. The number of nitrogens with zero attached hydrogens (tertiary/aromatic N) is 4. The smallest absolute Gasteiger partial charge is 0.216 e. The predicted molar refractivity (Wildman–Crippen MR) is 91.5 cm³/mol. The molecular formula is C17H22FN5O. The molecule has 6 nitrogen and oxygen atoms in total. The quantitative estimate of drug-likeness (QED) is 0.689. The topological polar surface area (TPSA) is 70.9 Å². The molecular weight excluding hydrogens is 309 g/mol. The number of aromatic nitrogens is 1. The summed E-state index contributed by atoms with van der Waals surface area (Å²) in [6, 6.07) is 6.57. The van der Waals surface area contributed by atoms with Gasteiger partial charge >= 0.3 is 0 Å². The van der Waals surface area contributed by atoms with E-state index in [4.69, 9.17) is 10.2 Å². The Labute approximate surface area is 140 Å². The molecule has 1 aliphatic heterocycles. The standard InChI is InChI=1S/C17H22FN5O/c1-12-13(2)24-16(21-12)11-20-17(19)23-9-7-22(8-10-23)15-5-3-14(18)4-6-15/h3-6H,7-11H2,1-2H3,(H2,19,20). The van der Waals surface area contributed by atoms with Crippen LogP contribution in [0.2, 0.25) is 0 Å². The normalized spacial score (nSPS) is 15.9. The van der Waals surface area contributed by atoms with Gasteiger partial charge in [0, 0.05) is 31.9 Å². The van der Waals surface area contributed by atoms with E-state index in [0.717, 1.165) is 43.3 Å². The summed E-state index contributed by atoms with van der Waals surface area (Å²) in [7, 11) is 0. The van der Waals surface area contributed by atoms with Crippen LogP contribution in [0.5, 0.6) is 0 Å². The second kappa shape index (κ2) is 6.90. The van der Waals surface area contributed by atoms with E-state index in [-0.39, 0.29) is 5.82 Å². The Kier molecular flexibility index (Phi) is 4.69. The summed E-state index contributed by atoms with van der Waals surface area (Å²) in [5, 5.41) is 0. The lowest BCUT2D eigenvalue weighted by atomic mass is 10.2.